The number of rotatable bonds is 6. The molecule has 0 fully saturated rings. The van der Waals surface area contributed by atoms with E-state index in [4.69, 9.17) is 18.8 Å². The Labute approximate surface area is 187 Å². The molecule has 0 amide bonds. The minimum atomic E-state index is -3.60. The van der Waals surface area contributed by atoms with Gasteiger partial charge < -0.3 is 9.47 Å². The van der Waals surface area contributed by atoms with Gasteiger partial charge in [0, 0.05) is 29.3 Å². The monoisotopic (exact) mass is 458 g/mol. The van der Waals surface area contributed by atoms with Crippen molar-refractivity contribution in [2.75, 3.05) is 26.6 Å². The molecule has 0 aromatic carbocycles. The van der Waals surface area contributed by atoms with Gasteiger partial charge in [0.25, 0.3) is 10.1 Å². The molecule has 4 heterocycles. The quantitative estimate of drug-likeness (QED) is 0.519. The highest BCUT2D eigenvalue weighted by molar-refractivity contribution is 7.86. The summed E-state index contributed by atoms with van der Waals surface area (Å²) in [4.78, 5) is 8.70. The lowest BCUT2D eigenvalue weighted by Crippen LogP contribution is -2.09. The summed E-state index contributed by atoms with van der Waals surface area (Å²) in [5.41, 5.74) is 6.10. The highest BCUT2D eigenvalue weighted by atomic mass is 32.2. The molecule has 3 aromatic rings. The molecule has 0 radical (unpaired) electrons. The van der Waals surface area contributed by atoms with Crippen LogP contribution < -0.4 is 4.74 Å². The van der Waals surface area contributed by atoms with Gasteiger partial charge in [0.2, 0.25) is 5.88 Å². The summed E-state index contributed by atoms with van der Waals surface area (Å²) in [6.45, 7) is 4.82. The molecule has 9 nitrogen and oxygen atoms in total. The van der Waals surface area contributed by atoms with Crippen molar-refractivity contribution >= 4 is 10.1 Å². The molecule has 10 heteroatoms. The normalized spacial score (nSPS) is 15.1. The van der Waals surface area contributed by atoms with E-state index in [0.29, 0.717) is 24.8 Å². The Morgan fingerprint density at radius 1 is 1.19 bits per heavy atom. The second-order valence-electron chi connectivity index (χ2n) is 7.73. The lowest BCUT2D eigenvalue weighted by Gasteiger charge is -2.11. The van der Waals surface area contributed by atoms with Crippen LogP contribution in [0.15, 0.2) is 30.6 Å². The van der Waals surface area contributed by atoms with E-state index < -0.39 is 16.2 Å². The molecular formula is C22H26N4O5S. The van der Waals surface area contributed by atoms with E-state index in [9.17, 15) is 8.42 Å². The fourth-order valence-electron chi connectivity index (χ4n) is 3.90. The topological polar surface area (TPSA) is 105 Å². The van der Waals surface area contributed by atoms with Crippen molar-refractivity contribution in [1.82, 2.24) is 19.7 Å². The number of nitrogens with zero attached hydrogens (tertiary/aromatic N) is 4. The third-order valence-electron chi connectivity index (χ3n) is 5.31. The van der Waals surface area contributed by atoms with E-state index in [1.807, 2.05) is 29.8 Å². The summed E-state index contributed by atoms with van der Waals surface area (Å²) in [6, 6.07) is 5.69. The van der Waals surface area contributed by atoms with Crippen LogP contribution in [0.25, 0.3) is 16.9 Å². The maximum Gasteiger partial charge on any atom is 0.265 e. The number of hydrogen-bond donors (Lipinski definition) is 0. The van der Waals surface area contributed by atoms with Crippen LogP contribution in [0.2, 0.25) is 0 Å². The van der Waals surface area contributed by atoms with Gasteiger partial charge in [0.15, 0.2) is 0 Å². The molecule has 32 heavy (non-hydrogen) atoms. The molecule has 1 aliphatic rings. The smallest absolute Gasteiger partial charge is 0.265 e. The zero-order valence-electron chi connectivity index (χ0n) is 18.5. The van der Waals surface area contributed by atoms with E-state index >= 15 is 0 Å². The minimum absolute atomic E-state index is 0.517. The van der Waals surface area contributed by atoms with Gasteiger partial charge in [0.1, 0.15) is 6.10 Å². The Kier molecular flexibility index (Phi) is 6.27. The van der Waals surface area contributed by atoms with E-state index in [1.165, 1.54) is 0 Å². The zero-order valence-corrected chi connectivity index (χ0v) is 19.3. The predicted octanol–water partition coefficient (Wildman–Crippen LogP) is 2.80. The molecule has 4 rings (SSSR count). The summed E-state index contributed by atoms with van der Waals surface area (Å²) in [6.07, 6.45) is 5.15. The van der Waals surface area contributed by atoms with Crippen molar-refractivity contribution in [2.45, 2.75) is 32.8 Å². The average Bonchev–Trinajstić information content (AvgIpc) is 2.93. The molecule has 0 N–H and O–H groups in total. The molecule has 1 aliphatic heterocycles. The zero-order chi connectivity index (χ0) is 22.9. The molecule has 0 unspecified atom stereocenters. The second-order valence-corrected chi connectivity index (χ2v) is 9.33. The molecule has 0 spiro atoms. The van der Waals surface area contributed by atoms with Gasteiger partial charge in [-0.05, 0) is 38.5 Å². The third kappa shape index (κ3) is 4.67. The van der Waals surface area contributed by atoms with Gasteiger partial charge in [-0.3, -0.25) is 9.17 Å². The number of aromatic nitrogens is 4. The molecule has 3 aromatic heterocycles. The maximum atomic E-state index is 11.5. The summed E-state index contributed by atoms with van der Waals surface area (Å²) in [5.74, 6) is 0.578. The third-order valence-corrected chi connectivity index (χ3v) is 5.95. The molecule has 1 atom stereocenters. The molecule has 170 valence electrons. The first kappa shape index (κ1) is 22.4. The van der Waals surface area contributed by atoms with Crippen LogP contribution in [0, 0.1) is 6.92 Å². The fraction of sp³-hybridized carbons (Fsp3) is 0.409. The van der Waals surface area contributed by atoms with Gasteiger partial charge in [-0.2, -0.15) is 13.5 Å². The van der Waals surface area contributed by atoms with Gasteiger partial charge in [-0.15, -0.1) is 0 Å². The van der Waals surface area contributed by atoms with Crippen LogP contribution in [0.1, 0.15) is 35.5 Å². The molecule has 0 bridgehead atoms. The van der Waals surface area contributed by atoms with E-state index in [2.05, 4.69) is 9.97 Å². The SMILES string of the molecule is COc1ncc(-n2nc(-c3ccnc([C@@H](C)OS(C)(=O)=O)c3)c3c2CCOCC3)cc1C. The maximum absolute atomic E-state index is 11.5. The van der Waals surface area contributed by atoms with Crippen molar-refractivity contribution in [1.29, 1.82) is 0 Å². The summed E-state index contributed by atoms with van der Waals surface area (Å²) >= 11 is 0. The second kappa shape index (κ2) is 8.97. The van der Waals surface area contributed by atoms with Gasteiger partial charge in [-0.25, -0.2) is 9.67 Å². The molecule has 0 saturated heterocycles. The Morgan fingerprint density at radius 3 is 2.69 bits per heavy atom. The number of ether oxygens (including phenoxy) is 2. The van der Waals surface area contributed by atoms with Crippen LogP contribution in [0.4, 0.5) is 0 Å². The highest BCUT2D eigenvalue weighted by Gasteiger charge is 2.23. The Morgan fingerprint density at radius 2 is 1.97 bits per heavy atom. The molecule has 0 aliphatic carbocycles. The van der Waals surface area contributed by atoms with Crippen molar-refractivity contribution in [3.8, 4) is 22.8 Å². The number of hydrogen-bond acceptors (Lipinski definition) is 8. The Balaban J connectivity index is 1.80. The molecule has 0 saturated carbocycles. The predicted molar refractivity (Wildman–Crippen MR) is 118 cm³/mol. The van der Waals surface area contributed by atoms with Crippen LogP contribution >= 0.6 is 0 Å². The number of pyridine rings is 2. The first-order valence-corrected chi connectivity index (χ1v) is 12.1. The van der Waals surface area contributed by atoms with Gasteiger partial charge in [0.05, 0.1) is 55.5 Å². The number of aryl methyl sites for hydroxylation is 1. The number of methoxy groups -OCH3 is 1. The largest absolute Gasteiger partial charge is 0.481 e. The van der Waals surface area contributed by atoms with Gasteiger partial charge >= 0.3 is 0 Å². The molecular weight excluding hydrogens is 432 g/mol. The lowest BCUT2D eigenvalue weighted by atomic mass is 10.0. The average molecular weight is 459 g/mol. The lowest BCUT2D eigenvalue weighted by molar-refractivity contribution is 0.145. The van der Waals surface area contributed by atoms with Crippen molar-refractivity contribution < 1.29 is 22.1 Å². The van der Waals surface area contributed by atoms with E-state index in [-0.39, 0.29) is 0 Å². The van der Waals surface area contributed by atoms with Crippen molar-refractivity contribution in [2.24, 2.45) is 0 Å². The first-order valence-electron chi connectivity index (χ1n) is 10.3. The summed E-state index contributed by atoms with van der Waals surface area (Å²) in [5, 5.41) is 4.94. The van der Waals surface area contributed by atoms with Crippen LogP contribution in [-0.2, 0) is 31.9 Å². The highest BCUT2D eigenvalue weighted by Crippen LogP contribution is 2.32. The number of fused-ring (bicyclic) bond motifs is 1. The van der Waals surface area contributed by atoms with Gasteiger partial charge in [-0.1, -0.05) is 0 Å². The van der Waals surface area contributed by atoms with E-state index in [1.54, 1.807) is 26.4 Å². The summed E-state index contributed by atoms with van der Waals surface area (Å²) in [7, 11) is -2.01. The van der Waals surface area contributed by atoms with Crippen LogP contribution in [0.5, 0.6) is 5.88 Å². The van der Waals surface area contributed by atoms with E-state index in [0.717, 1.165) is 52.9 Å². The minimum Gasteiger partial charge on any atom is -0.481 e. The Hall–Kier alpha value is -2.82. The first-order chi connectivity index (χ1) is 15.3. The van der Waals surface area contributed by atoms with Crippen molar-refractivity contribution in [3.63, 3.8) is 0 Å². The van der Waals surface area contributed by atoms with Crippen LogP contribution in [0.3, 0.4) is 0 Å². The fourth-order valence-corrected chi connectivity index (χ4v) is 4.52. The standard InChI is InChI=1S/C22H26N4O5S/c1-14-11-17(13-24-22(14)29-3)26-20-7-10-30-9-6-18(20)21(25-26)16-5-8-23-19(12-16)15(2)31-32(4,27)28/h5,8,11-13,15H,6-7,9-10H2,1-4H3/t15-/m1/s1. The van der Waals surface area contributed by atoms with Crippen LogP contribution in [-0.4, -0.2) is 54.7 Å². The summed E-state index contributed by atoms with van der Waals surface area (Å²) < 4.78 is 41.1. The van der Waals surface area contributed by atoms with Crippen molar-refractivity contribution in [3.05, 3.63) is 53.1 Å². The Bertz CT molecular complexity index is 1240.